The van der Waals surface area contributed by atoms with E-state index in [4.69, 9.17) is 5.14 Å². The third-order valence-corrected chi connectivity index (χ3v) is 7.73. The molecule has 0 spiro atoms. The van der Waals surface area contributed by atoms with E-state index < -0.39 is 10.0 Å². The van der Waals surface area contributed by atoms with E-state index in [1.54, 1.807) is 16.8 Å². The third kappa shape index (κ3) is 4.36. The zero-order chi connectivity index (χ0) is 23.9. The van der Waals surface area contributed by atoms with E-state index in [0.717, 1.165) is 31.2 Å². The molecule has 3 aromatic rings. The van der Waals surface area contributed by atoms with Crippen molar-refractivity contribution in [2.75, 3.05) is 6.61 Å². The average molecular weight is 482 g/mol. The highest BCUT2D eigenvalue weighted by atomic mass is 32.2. The van der Waals surface area contributed by atoms with Crippen molar-refractivity contribution >= 4 is 15.9 Å². The number of amides is 1. The summed E-state index contributed by atoms with van der Waals surface area (Å²) in [6.07, 6.45) is 3.91. The van der Waals surface area contributed by atoms with Gasteiger partial charge in [0.1, 0.15) is 5.82 Å². The van der Waals surface area contributed by atoms with Crippen molar-refractivity contribution in [3.8, 4) is 5.69 Å². The van der Waals surface area contributed by atoms with Gasteiger partial charge in [-0.1, -0.05) is 30.3 Å². The Labute approximate surface area is 198 Å². The van der Waals surface area contributed by atoms with E-state index in [9.17, 15) is 18.3 Å². The van der Waals surface area contributed by atoms with E-state index >= 15 is 0 Å². The molecule has 3 atom stereocenters. The van der Waals surface area contributed by atoms with Crippen molar-refractivity contribution in [1.82, 2.24) is 19.7 Å². The highest BCUT2D eigenvalue weighted by Crippen LogP contribution is 2.39. The zero-order valence-electron chi connectivity index (χ0n) is 18.6. The number of carbonyl (C=O) groups excluding carboxylic acids is 1. The van der Waals surface area contributed by atoms with Gasteiger partial charge in [0.2, 0.25) is 15.8 Å². The first-order chi connectivity index (χ1) is 16.3. The Kier molecular flexibility index (Phi) is 5.97. The minimum Gasteiger partial charge on any atom is -0.396 e. The minimum atomic E-state index is -3.82. The monoisotopic (exact) mass is 481 g/mol. The van der Waals surface area contributed by atoms with Crippen molar-refractivity contribution in [1.29, 1.82) is 0 Å². The lowest BCUT2D eigenvalue weighted by atomic mass is 9.91. The molecule has 2 fully saturated rings. The Morgan fingerprint density at radius 3 is 2.26 bits per heavy atom. The predicted molar refractivity (Wildman–Crippen MR) is 125 cm³/mol. The van der Waals surface area contributed by atoms with Gasteiger partial charge in [0.05, 0.1) is 10.6 Å². The van der Waals surface area contributed by atoms with Crippen LogP contribution in [0.25, 0.3) is 5.69 Å². The lowest BCUT2D eigenvalue weighted by Crippen LogP contribution is -2.47. The fraction of sp³-hybridized carbons (Fsp3) is 0.375. The highest BCUT2D eigenvalue weighted by molar-refractivity contribution is 7.89. The molecule has 178 valence electrons. The van der Waals surface area contributed by atoms with E-state index in [1.165, 1.54) is 12.1 Å². The first-order valence-electron chi connectivity index (χ1n) is 11.4. The molecule has 10 heteroatoms. The summed E-state index contributed by atoms with van der Waals surface area (Å²) in [4.78, 5) is 20.1. The molecule has 2 aromatic carbocycles. The van der Waals surface area contributed by atoms with E-state index in [2.05, 4.69) is 10.1 Å². The summed E-state index contributed by atoms with van der Waals surface area (Å²) in [6.45, 7) is 0.150. The molecule has 3 N–H and O–H groups in total. The minimum absolute atomic E-state index is 0.000559. The van der Waals surface area contributed by atoms with E-state index in [1.807, 2.05) is 35.2 Å². The summed E-state index contributed by atoms with van der Waals surface area (Å²) in [7, 11) is -3.82. The first kappa shape index (κ1) is 22.7. The molecule has 1 unspecified atom stereocenters. The van der Waals surface area contributed by atoms with Gasteiger partial charge >= 0.3 is 0 Å². The SMILES string of the molecule is NS(=O)(=O)c1ccc(-n2nc(C(=O)N3[C@@H]4CC[C@H]3CC(CO)C4)nc2Cc2ccccc2)cc1. The van der Waals surface area contributed by atoms with E-state index in [0.29, 0.717) is 17.9 Å². The van der Waals surface area contributed by atoms with Crippen molar-refractivity contribution in [3.05, 3.63) is 71.8 Å². The number of hydrogen-bond acceptors (Lipinski definition) is 6. The van der Waals surface area contributed by atoms with Gasteiger partial charge < -0.3 is 10.0 Å². The van der Waals surface area contributed by atoms with Gasteiger partial charge in [-0.3, -0.25) is 4.79 Å². The first-order valence-corrected chi connectivity index (χ1v) is 12.9. The summed E-state index contributed by atoms with van der Waals surface area (Å²) in [6, 6.07) is 16.0. The highest BCUT2D eigenvalue weighted by Gasteiger charge is 2.44. The van der Waals surface area contributed by atoms with Gasteiger partial charge in [0.15, 0.2) is 0 Å². The lowest BCUT2D eigenvalue weighted by molar-refractivity contribution is 0.0442. The molecule has 9 nitrogen and oxygen atoms in total. The van der Waals surface area contributed by atoms with Gasteiger partial charge in [0.25, 0.3) is 5.91 Å². The number of aromatic nitrogens is 3. The molecule has 5 rings (SSSR count). The van der Waals surface area contributed by atoms with Crippen LogP contribution in [0.1, 0.15) is 47.7 Å². The molecular formula is C24H27N5O4S. The average Bonchev–Trinajstić information content (AvgIpc) is 3.36. The van der Waals surface area contributed by atoms with Crippen molar-refractivity contribution in [3.63, 3.8) is 0 Å². The third-order valence-electron chi connectivity index (χ3n) is 6.80. The summed E-state index contributed by atoms with van der Waals surface area (Å²) in [5.41, 5.74) is 1.60. The molecule has 0 saturated carbocycles. The molecule has 2 aliphatic heterocycles. The second-order valence-corrected chi connectivity index (χ2v) is 10.6. The Balaban J connectivity index is 1.50. The maximum atomic E-state index is 13.5. The Morgan fingerprint density at radius 2 is 1.68 bits per heavy atom. The molecule has 0 radical (unpaired) electrons. The van der Waals surface area contributed by atoms with Gasteiger partial charge in [-0.05, 0) is 61.4 Å². The van der Waals surface area contributed by atoms with Gasteiger partial charge in [-0.15, -0.1) is 5.10 Å². The van der Waals surface area contributed by atoms with Crippen LogP contribution in [-0.2, 0) is 16.4 Å². The van der Waals surface area contributed by atoms with Gasteiger partial charge in [-0.2, -0.15) is 0 Å². The summed E-state index contributed by atoms with van der Waals surface area (Å²) in [5.74, 6) is 0.743. The zero-order valence-corrected chi connectivity index (χ0v) is 19.4. The molecule has 2 aliphatic rings. The Morgan fingerprint density at radius 1 is 1.03 bits per heavy atom. The lowest BCUT2D eigenvalue weighted by Gasteiger charge is -2.37. The van der Waals surface area contributed by atoms with Crippen LogP contribution < -0.4 is 5.14 Å². The smallest absolute Gasteiger partial charge is 0.294 e. The summed E-state index contributed by atoms with van der Waals surface area (Å²) < 4.78 is 24.9. The van der Waals surface area contributed by atoms with Crippen LogP contribution in [-0.4, -0.2) is 57.8 Å². The largest absolute Gasteiger partial charge is 0.396 e. The molecule has 34 heavy (non-hydrogen) atoms. The second-order valence-electron chi connectivity index (χ2n) is 9.08. The molecule has 2 bridgehead atoms. The number of carbonyl (C=O) groups is 1. The predicted octanol–water partition coefficient (Wildman–Crippen LogP) is 1.88. The van der Waals surface area contributed by atoms with Crippen LogP contribution in [0.5, 0.6) is 0 Å². The maximum Gasteiger partial charge on any atom is 0.294 e. The van der Waals surface area contributed by atoms with Crippen LogP contribution in [0.15, 0.2) is 59.5 Å². The molecule has 2 saturated heterocycles. The fourth-order valence-corrected chi connectivity index (χ4v) is 5.71. The Hall–Kier alpha value is -3.08. The van der Waals surface area contributed by atoms with Crippen molar-refractivity contribution in [2.24, 2.45) is 11.1 Å². The normalized spacial score (nSPS) is 22.2. The number of nitrogens with zero attached hydrogens (tertiary/aromatic N) is 4. The van der Waals surface area contributed by atoms with Crippen LogP contribution in [0.3, 0.4) is 0 Å². The van der Waals surface area contributed by atoms with Crippen molar-refractivity contribution in [2.45, 2.75) is 49.1 Å². The maximum absolute atomic E-state index is 13.5. The number of piperidine rings is 1. The van der Waals surface area contributed by atoms with Gasteiger partial charge in [0, 0.05) is 25.1 Å². The van der Waals surface area contributed by atoms with Crippen LogP contribution in [0, 0.1) is 5.92 Å². The second kappa shape index (κ2) is 8.94. The van der Waals surface area contributed by atoms with E-state index in [-0.39, 0.29) is 41.2 Å². The summed E-state index contributed by atoms with van der Waals surface area (Å²) >= 11 is 0. The number of hydrogen-bond donors (Lipinski definition) is 2. The quantitative estimate of drug-likeness (QED) is 0.553. The number of primary sulfonamides is 1. The number of rotatable bonds is 6. The molecule has 1 aromatic heterocycles. The standard InChI is InChI=1S/C24H27N5O4S/c25-34(32,33)21-10-8-18(9-11-21)29-22(14-16-4-2-1-3-5-16)26-23(27-29)24(31)28-19-6-7-20(28)13-17(12-19)15-30/h1-5,8-11,17,19-20,30H,6-7,12-15H2,(H2,25,32,33)/t17?,19-,20+. The Bertz CT molecular complexity index is 1280. The molecule has 3 heterocycles. The summed E-state index contributed by atoms with van der Waals surface area (Å²) in [5, 5.41) is 19.4. The molecular weight excluding hydrogens is 454 g/mol. The molecule has 0 aliphatic carbocycles. The van der Waals surface area contributed by atoms with Crippen LogP contribution in [0.2, 0.25) is 0 Å². The fourth-order valence-electron chi connectivity index (χ4n) is 5.20. The molecule has 1 amide bonds. The number of sulfonamides is 1. The van der Waals surface area contributed by atoms with Crippen LogP contribution >= 0.6 is 0 Å². The number of nitrogens with two attached hydrogens (primary N) is 1. The number of aliphatic hydroxyl groups excluding tert-OH is 1. The van der Waals surface area contributed by atoms with Gasteiger partial charge in [-0.25, -0.2) is 23.2 Å². The van der Waals surface area contributed by atoms with Crippen LogP contribution in [0.4, 0.5) is 0 Å². The number of benzene rings is 2. The number of fused-ring (bicyclic) bond motifs is 2. The van der Waals surface area contributed by atoms with Crippen molar-refractivity contribution < 1.29 is 18.3 Å². The number of aliphatic hydroxyl groups is 1. The topological polar surface area (TPSA) is 131 Å².